The number of hydrogen-bond acceptors (Lipinski definition) is 2. The number of amides is 1. The maximum absolute atomic E-state index is 12.6. The van der Waals surface area contributed by atoms with Gasteiger partial charge in [0.1, 0.15) is 0 Å². The summed E-state index contributed by atoms with van der Waals surface area (Å²) in [6.45, 7) is 6.97. The molecule has 30 heavy (non-hydrogen) atoms. The van der Waals surface area contributed by atoms with Gasteiger partial charge in [-0.1, -0.05) is 60.2 Å². The summed E-state index contributed by atoms with van der Waals surface area (Å²) < 4.78 is 2.27. The summed E-state index contributed by atoms with van der Waals surface area (Å²) in [6, 6.07) is 23.2. The standard InChI is InChI=1S/C26H26N2OS/c1-18-9-12-21(13-10-18)15-28-16-25(22-6-4-5-7-24(22)28)30-17-26(29)27-23-14-19(2)8-11-20(23)3/h4-14,16H,15,17H2,1-3H3,(H,27,29). The van der Waals surface area contributed by atoms with E-state index in [9.17, 15) is 4.79 Å². The molecule has 0 aliphatic rings. The number of aromatic nitrogens is 1. The van der Waals surface area contributed by atoms with Gasteiger partial charge in [0, 0.05) is 34.2 Å². The van der Waals surface area contributed by atoms with E-state index < -0.39 is 0 Å². The lowest BCUT2D eigenvalue weighted by molar-refractivity contribution is -0.113. The molecule has 0 radical (unpaired) electrons. The molecule has 0 aliphatic carbocycles. The Balaban J connectivity index is 1.50. The highest BCUT2D eigenvalue weighted by atomic mass is 32.2. The highest BCUT2D eigenvalue weighted by molar-refractivity contribution is 8.00. The molecule has 0 aliphatic heterocycles. The van der Waals surface area contributed by atoms with Gasteiger partial charge in [0.05, 0.1) is 5.75 Å². The number of carbonyl (C=O) groups excluding carboxylic acids is 1. The Labute approximate surface area is 182 Å². The lowest BCUT2D eigenvalue weighted by Crippen LogP contribution is -2.14. The molecule has 1 amide bonds. The maximum atomic E-state index is 12.6. The molecule has 4 heteroatoms. The summed E-state index contributed by atoms with van der Waals surface area (Å²) in [5.74, 6) is 0.399. The molecule has 1 N–H and O–H groups in total. The molecule has 0 saturated heterocycles. The molecule has 1 aromatic heterocycles. The fourth-order valence-electron chi connectivity index (χ4n) is 3.55. The van der Waals surface area contributed by atoms with Gasteiger partial charge in [-0.25, -0.2) is 0 Å². The number of nitrogens with zero attached hydrogens (tertiary/aromatic N) is 1. The summed E-state index contributed by atoms with van der Waals surface area (Å²) in [5, 5.41) is 4.24. The highest BCUT2D eigenvalue weighted by Gasteiger charge is 2.12. The van der Waals surface area contributed by atoms with Gasteiger partial charge in [-0.2, -0.15) is 0 Å². The third-order valence-electron chi connectivity index (χ3n) is 5.25. The van der Waals surface area contributed by atoms with Crippen molar-refractivity contribution in [3.63, 3.8) is 0 Å². The average Bonchev–Trinajstić information content (AvgIpc) is 3.08. The first kappa shape index (κ1) is 20.3. The van der Waals surface area contributed by atoms with E-state index in [1.807, 2.05) is 26.0 Å². The van der Waals surface area contributed by atoms with E-state index in [1.54, 1.807) is 11.8 Å². The van der Waals surface area contributed by atoms with Crippen LogP contribution in [0.2, 0.25) is 0 Å². The van der Waals surface area contributed by atoms with Gasteiger partial charge in [-0.05, 0) is 49.6 Å². The molecule has 4 aromatic rings. The van der Waals surface area contributed by atoms with Crippen molar-refractivity contribution in [2.75, 3.05) is 11.1 Å². The minimum atomic E-state index is 0.0177. The van der Waals surface area contributed by atoms with Gasteiger partial charge in [0.25, 0.3) is 0 Å². The molecule has 0 spiro atoms. The molecule has 0 bridgehead atoms. The summed E-state index contributed by atoms with van der Waals surface area (Å²) in [4.78, 5) is 13.7. The normalized spacial score (nSPS) is 11.0. The zero-order valence-electron chi connectivity index (χ0n) is 17.6. The Morgan fingerprint density at radius 3 is 2.47 bits per heavy atom. The zero-order valence-corrected chi connectivity index (χ0v) is 18.4. The first-order chi connectivity index (χ1) is 14.5. The van der Waals surface area contributed by atoms with Crippen molar-refractivity contribution in [2.45, 2.75) is 32.2 Å². The summed E-state index contributed by atoms with van der Waals surface area (Å²) in [6.07, 6.45) is 2.17. The predicted octanol–water partition coefficient (Wildman–Crippen LogP) is 6.35. The van der Waals surface area contributed by atoms with Crippen LogP contribution in [0.4, 0.5) is 5.69 Å². The van der Waals surface area contributed by atoms with Crippen LogP contribution in [0.15, 0.2) is 77.8 Å². The molecule has 0 fully saturated rings. The van der Waals surface area contributed by atoms with Crippen LogP contribution >= 0.6 is 11.8 Å². The van der Waals surface area contributed by atoms with Crippen LogP contribution in [0, 0.1) is 20.8 Å². The van der Waals surface area contributed by atoms with Gasteiger partial charge < -0.3 is 9.88 Å². The van der Waals surface area contributed by atoms with Gasteiger partial charge in [-0.3, -0.25) is 4.79 Å². The number of fused-ring (bicyclic) bond motifs is 1. The Hall–Kier alpha value is -2.98. The SMILES string of the molecule is Cc1ccc(Cn2cc(SCC(=O)Nc3cc(C)ccc3C)c3ccccc32)cc1. The predicted molar refractivity (Wildman–Crippen MR) is 127 cm³/mol. The molecule has 0 unspecified atom stereocenters. The highest BCUT2D eigenvalue weighted by Crippen LogP contribution is 2.31. The number of benzene rings is 3. The number of thioether (sulfide) groups is 1. The molecule has 3 aromatic carbocycles. The number of carbonyl (C=O) groups is 1. The maximum Gasteiger partial charge on any atom is 0.234 e. The second-order valence-corrected chi connectivity index (χ2v) is 8.80. The van der Waals surface area contributed by atoms with E-state index in [0.717, 1.165) is 28.3 Å². The number of nitrogens with one attached hydrogen (secondary N) is 1. The molecule has 3 nitrogen and oxygen atoms in total. The Morgan fingerprint density at radius 2 is 1.67 bits per heavy atom. The van der Waals surface area contributed by atoms with E-state index in [2.05, 4.69) is 77.6 Å². The van der Waals surface area contributed by atoms with Crippen LogP contribution in [-0.2, 0) is 11.3 Å². The molecule has 0 saturated carbocycles. The number of aryl methyl sites for hydroxylation is 3. The van der Waals surface area contributed by atoms with Crippen molar-refractivity contribution in [1.82, 2.24) is 4.57 Å². The van der Waals surface area contributed by atoms with E-state index in [4.69, 9.17) is 0 Å². The van der Waals surface area contributed by atoms with E-state index in [1.165, 1.54) is 22.0 Å². The number of rotatable bonds is 6. The van der Waals surface area contributed by atoms with Gasteiger partial charge >= 0.3 is 0 Å². The van der Waals surface area contributed by atoms with Gasteiger partial charge in [0.2, 0.25) is 5.91 Å². The second-order valence-electron chi connectivity index (χ2n) is 7.78. The van der Waals surface area contributed by atoms with E-state index >= 15 is 0 Å². The minimum Gasteiger partial charge on any atom is -0.342 e. The van der Waals surface area contributed by atoms with Gasteiger partial charge in [-0.15, -0.1) is 11.8 Å². The van der Waals surface area contributed by atoms with Crippen molar-refractivity contribution in [3.05, 3.63) is 95.2 Å². The Bertz CT molecular complexity index is 1190. The quantitative estimate of drug-likeness (QED) is 0.373. The van der Waals surface area contributed by atoms with Crippen LogP contribution in [0.1, 0.15) is 22.3 Å². The summed E-state index contributed by atoms with van der Waals surface area (Å²) in [7, 11) is 0. The van der Waals surface area contributed by atoms with Crippen molar-refractivity contribution in [2.24, 2.45) is 0 Å². The lowest BCUT2D eigenvalue weighted by atomic mass is 10.1. The fraction of sp³-hybridized carbons (Fsp3) is 0.192. The Kier molecular flexibility index (Phi) is 5.96. The summed E-state index contributed by atoms with van der Waals surface area (Å²) in [5.41, 5.74) is 6.84. The molecule has 0 atom stereocenters. The molecule has 152 valence electrons. The first-order valence-electron chi connectivity index (χ1n) is 10.1. The second kappa shape index (κ2) is 8.80. The van der Waals surface area contributed by atoms with Crippen LogP contribution in [-0.4, -0.2) is 16.2 Å². The third-order valence-corrected chi connectivity index (χ3v) is 6.29. The topological polar surface area (TPSA) is 34.0 Å². The van der Waals surface area contributed by atoms with Crippen LogP contribution < -0.4 is 5.32 Å². The smallest absolute Gasteiger partial charge is 0.234 e. The van der Waals surface area contributed by atoms with Crippen LogP contribution in [0.5, 0.6) is 0 Å². The van der Waals surface area contributed by atoms with Gasteiger partial charge in [0.15, 0.2) is 0 Å². The molecule has 1 heterocycles. The molecular formula is C26H26N2OS. The monoisotopic (exact) mass is 414 g/mol. The number of anilines is 1. The van der Waals surface area contributed by atoms with Crippen LogP contribution in [0.3, 0.4) is 0 Å². The largest absolute Gasteiger partial charge is 0.342 e. The minimum absolute atomic E-state index is 0.0177. The van der Waals surface area contributed by atoms with Crippen LogP contribution in [0.25, 0.3) is 10.9 Å². The Morgan fingerprint density at radius 1 is 0.933 bits per heavy atom. The fourth-order valence-corrected chi connectivity index (χ4v) is 4.44. The number of hydrogen-bond donors (Lipinski definition) is 1. The van der Waals surface area contributed by atoms with Crippen molar-refractivity contribution < 1.29 is 4.79 Å². The third kappa shape index (κ3) is 4.60. The summed E-state index contributed by atoms with van der Waals surface area (Å²) >= 11 is 1.59. The average molecular weight is 415 g/mol. The zero-order chi connectivity index (χ0) is 21.1. The molecular weight excluding hydrogens is 388 g/mol. The first-order valence-corrected chi connectivity index (χ1v) is 11.1. The van der Waals surface area contributed by atoms with Crippen molar-refractivity contribution in [3.8, 4) is 0 Å². The van der Waals surface area contributed by atoms with Crippen molar-refractivity contribution >= 4 is 34.3 Å². The van der Waals surface area contributed by atoms with E-state index in [-0.39, 0.29) is 5.91 Å². The van der Waals surface area contributed by atoms with E-state index in [0.29, 0.717) is 5.75 Å². The molecule has 4 rings (SSSR count). The number of para-hydroxylation sites is 1. The lowest BCUT2D eigenvalue weighted by Gasteiger charge is -2.09. The van der Waals surface area contributed by atoms with Crippen molar-refractivity contribution in [1.29, 1.82) is 0 Å².